The molecule has 0 aliphatic heterocycles. The Morgan fingerprint density at radius 2 is 1.60 bits per heavy atom. The van der Waals surface area contributed by atoms with Crippen LogP contribution in [-0.2, 0) is 30.4 Å². The van der Waals surface area contributed by atoms with Crippen LogP contribution in [0.3, 0.4) is 0 Å². The minimum Gasteiger partial charge on any atom is -0.480 e. The second kappa shape index (κ2) is 15.6. The van der Waals surface area contributed by atoms with Crippen LogP contribution in [0.25, 0.3) is 10.9 Å². The van der Waals surface area contributed by atoms with Crippen molar-refractivity contribution in [2.45, 2.75) is 76.5 Å². The van der Waals surface area contributed by atoms with Gasteiger partial charge in [-0.25, -0.2) is 4.79 Å². The number of nitrogens with two attached hydrogens (primary N) is 3. The van der Waals surface area contributed by atoms with E-state index in [1.807, 2.05) is 24.3 Å². The molecule has 11 N–H and O–H groups in total. The van der Waals surface area contributed by atoms with Crippen LogP contribution in [0, 0.1) is 5.92 Å². The molecule has 4 amide bonds. The molecule has 0 aliphatic rings. The van der Waals surface area contributed by atoms with E-state index in [1.54, 1.807) is 20.0 Å². The first kappa shape index (κ1) is 32.2. The first-order valence-corrected chi connectivity index (χ1v) is 13.4. The van der Waals surface area contributed by atoms with Crippen molar-refractivity contribution in [1.82, 2.24) is 20.9 Å². The van der Waals surface area contributed by atoms with Gasteiger partial charge in [0, 0.05) is 29.9 Å². The van der Waals surface area contributed by atoms with Crippen molar-refractivity contribution in [1.29, 1.82) is 0 Å². The van der Waals surface area contributed by atoms with Gasteiger partial charge in [0.2, 0.25) is 23.6 Å². The van der Waals surface area contributed by atoms with Gasteiger partial charge in [0.1, 0.15) is 18.1 Å². The first-order chi connectivity index (χ1) is 18.9. The summed E-state index contributed by atoms with van der Waals surface area (Å²) < 4.78 is 0. The minimum atomic E-state index is -1.39. The molecule has 0 saturated heterocycles. The molecule has 13 heteroatoms. The lowest BCUT2D eigenvalue weighted by molar-refractivity contribution is -0.142. The summed E-state index contributed by atoms with van der Waals surface area (Å²) in [6.07, 6.45) is 3.07. The SMILES string of the molecule is CC(C)C(NC(=O)C(N)CCCCN)C(=O)NC(Cc1c[nH]c2ccccc12)C(=O)NC(CCC(N)=O)C(=O)O. The van der Waals surface area contributed by atoms with Crippen molar-refractivity contribution in [2.24, 2.45) is 23.1 Å². The van der Waals surface area contributed by atoms with Crippen LogP contribution in [0.1, 0.15) is 51.5 Å². The molecule has 2 aromatic rings. The second-order valence-electron chi connectivity index (χ2n) is 10.2. The number of rotatable bonds is 17. The lowest BCUT2D eigenvalue weighted by Crippen LogP contribution is -2.58. The van der Waals surface area contributed by atoms with Gasteiger partial charge in [-0.3, -0.25) is 19.2 Å². The average molecular weight is 560 g/mol. The number of primary amides is 1. The predicted molar refractivity (Wildman–Crippen MR) is 150 cm³/mol. The highest BCUT2D eigenvalue weighted by atomic mass is 16.4. The van der Waals surface area contributed by atoms with Gasteiger partial charge in [-0.1, -0.05) is 38.5 Å². The molecule has 40 heavy (non-hydrogen) atoms. The number of aliphatic carboxylic acids is 1. The summed E-state index contributed by atoms with van der Waals surface area (Å²) in [5.74, 6) is -4.28. The van der Waals surface area contributed by atoms with Crippen molar-refractivity contribution in [3.63, 3.8) is 0 Å². The molecular weight excluding hydrogens is 518 g/mol. The zero-order chi connectivity index (χ0) is 29.8. The number of para-hydroxylation sites is 1. The molecule has 1 aromatic carbocycles. The number of hydrogen-bond acceptors (Lipinski definition) is 7. The van der Waals surface area contributed by atoms with E-state index >= 15 is 0 Å². The molecule has 4 unspecified atom stereocenters. The van der Waals surface area contributed by atoms with Gasteiger partial charge < -0.3 is 43.2 Å². The fourth-order valence-corrected chi connectivity index (χ4v) is 4.24. The number of carboxylic acids is 1. The van der Waals surface area contributed by atoms with Gasteiger partial charge in [0.15, 0.2) is 0 Å². The van der Waals surface area contributed by atoms with Crippen molar-refractivity contribution < 1.29 is 29.1 Å². The Labute approximate surface area is 233 Å². The molecule has 0 saturated carbocycles. The van der Waals surface area contributed by atoms with Gasteiger partial charge in [0.05, 0.1) is 6.04 Å². The topological polar surface area (TPSA) is 236 Å². The second-order valence-corrected chi connectivity index (χ2v) is 10.2. The zero-order valence-corrected chi connectivity index (χ0v) is 22.9. The molecule has 220 valence electrons. The van der Waals surface area contributed by atoms with Gasteiger partial charge in [0.25, 0.3) is 0 Å². The fourth-order valence-electron chi connectivity index (χ4n) is 4.24. The van der Waals surface area contributed by atoms with Crippen molar-refractivity contribution in [3.05, 3.63) is 36.0 Å². The van der Waals surface area contributed by atoms with Crippen LogP contribution in [-0.4, -0.2) is 70.4 Å². The normalized spacial score (nSPS) is 14.2. The number of fused-ring (bicyclic) bond motifs is 1. The van der Waals surface area contributed by atoms with Crippen LogP contribution in [0.15, 0.2) is 30.5 Å². The Hall–Kier alpha value is -3.97. The maximum atomic E-state index is 13.4. The Balaban J connectivity index is 2.26. The standard InChI is InChI=1S/C27H41N7O6/c1-15(2)23(34-24(36)18(29)8-5-6-12-28)26(38)33-21(13-16-14-31-19-9-4-3-7-17(16)19)25(37)32-20(27(39)40)10-11-22(30)35/h3-4,7,9,14-15,18,20-21,23,31H,5-6,8,10-13,28-29H2,1-2H3,(H2,30,35)(H,32,37)(H,33,38)(H,34,36)(H,39,40). The number of carboxylic acid groups (broad SMARTS) is 1. The number of aromatic nitrogens is 1. The van der Waals surface area contributed by atoms with Crippen LogP contribution in [0.2, 0.25) is 0 Å². The van der Waals surface area contributed by atoms with E-state index in [1.165, 1.54) is 0 Å². The summed E-state index contributed by atoms with van der Waals surface area (Å²) >= 11 is 0. The van der Waals surface area contributed by atoms with Crippen molar-refractivity contribution >= 4 is 40.5 Å². The molecule has 0 aliphatic carbocycles. The first-order valence-electron chi connectivity index (χ1n) is 13.4. The number of carbonyl (C=O) groups is 5. The molecule has 2 rings (SSSR count). The zero-order valence-electron chi connectivity index (χ0n) is 22.9. The van der Waals surface area contributed by atoms with E-state index in [-0.39, 0.29) is 25.2 Å². The third-order valence-electron chi connectivity index (χ3n) is 6.58. The van der Waals surface area contributed by atoms with Crippen LogP contribution >= 0.6 is 0 Å². The summed E-state index contributed by atoms with van der Waals surface area (Å²) in [4.78, 5) is 65.5. The summed E-state index contributed by atoms with van der Waals surface area (Å²) in [7, 11) is 0. The number of aromatic amines is 1. The summed E-state index contributed by atoms with van der Waals surface area (Å²) in [5.41, 5.74) is 18.2. The molecule has 0 bridgehead atoms. The molecule has 1 heterocycles. The molecular formula is C27H41N7O6. The molecule has 4 atom stereocenters. The van der Waals surface area contributed by atoms with Crippen LogP contribution in [0.4, 0.5) is 0 Å². The third kappa shape index (κ3) is 9.65. The number of benzene rings is 1. The van der Waals surface area contributed by atoms with E-state index < -0.39 is 53.8 Å². The van der Waals surface area contributed by atoms with E-state index in [4.69, 9.17) is 17.2 Å². The number of unbranched alkanes of at least 4 members (excludes halogenated alkanes) is 1. The number of nitrogens with one attached hydrogen (secondary N) is 4. The highest BCUT2D eigenvalue weighted by Gasteiger charge is 2.32. The monoisotopic (exact) mass is 559 g/mol. The number of carbonyl (C=O) groups excluding carboxylic acids is 4. The van der Waals surface area contributed by atoms with Gasteiger partial charge in [-0.05, 0) is 43.4 Å². The molecule has 0 fully saturated rings. The average Bonchev–Trinajstić information content (AvgIpc) is 3.31. The number of H-pyrrole nitrogens is 1. The van der Waals surface area contributed by atoms with E-state index in [9.17, 15) is 29.1 Å². The fraction of sp³-hybridized carbons (Fsp3) is 0.519. The maximum absolute atomic E-state index is 13.4. The van der Waals surface area contributed by atoms with Crippen LogP contribution in [0.5, 0.6) is 0 Å². The molecule has 1 aromatic heterocycles. The third-order valence-corrected chi connectivity index (χ3v) is 6.58. The Morgan fingerprint density at radius 1 is 0.925 bits per heavy atom. The number of amides is 4. The maximum Gasteiger partial charge on any atom is 0.326 e. The highest BCUT2D eigenvalue weighted by Crippen LogP contribution is 2.19. The van der Waals surface area contributed by atoms with Gasteiger partial charge in [-0.15, -0.1) is 0 Å². The largest absolute Gasteiger partial charge is 0.480 e. The van der Waals surface area contributed by atoms with E-state index in [2.05, 4.69) is 20.9 Å². The summed E-state index contributed by atoms with van der Waals surface area (Å²) in [6.45, 7) is 3.96. The van der Waals surface area contributed by atoms with Gasteiger partial charge in [-0.2, -0.15) is 0 Å². The van der Waals surface area contributed by atoms with Crippen molar-refractivity contribution in [2.75, 3.05) is 6.54 Å². The Morgan fingerprint density at radius 3 is 2.23 bits per heavy atom. The summed E-state index contributed by atoms with van der Waals surface area (Å²) in [6, 6.07) is 2.98. The van der Waals surface area contributed by atoms with E-state index in [0.717, 1.165) is 17.3 Å². The van der Waals surface area contributed by atoms with Crippen LogP contribution < -0.4 is 33.2 Å². The lowest BCUT2D eigenvalue weighted by atomic mass is 9.99. The predicted octanol–water partition coefficient (Wildman–Crippen LogP) is -0.373. The summed E-state index contributed by atoms with van der Waals surface area (Å²) in [5, 5.41) is 18.2. The molecule has 0 spiro atoms. The quantitative estimate of drug-likeness (QED) is 0.119. The molecule has 13 nitrogen and oxygen atoms in total. The Bertz CT molecular complexity index is 1180. The number of hydrogen-bond donors (Lipinski definition) is 8. The van der Waals surface area contributed by atoms with Crippen molar-refractivity contribution in [3.8, 4) is 0 Å². The lowest BCUT2D eigenvalue weighted by Gasteiger charge is -2.27. The smallest absolute Gasteiger partial charge is 0.326 e. The Kier molecular flexibility index (Phi) is 12.6. The van der Waals surface area contributed by atoms with Gasteiger partial charge >= 0.3 is 5.97 Å². The highest BCUT2D eigenvalue weighted by molar-refractivity contribution is 5.95. The van der Waals surface area contributed by atoms with E-state index in [0.29, 0.717) is 24.9 Å². The molecule has 0 radical (unpaired) electrons. The minimum absolute atomic E-state index is 0.0289.